The van der Waals surface area contributed by atoms with Crippen LogP contribution in [0.15, 0.2) is 23.2 Å². The van der Waals surface area contributed by atoms with Crippen molar-refractivity contribution in [2.75, 3.05) is 0 Å². The first-order valence-corrected chi connectivity index (χ1v) is 6.22. The van der Waals surface area contributed by atoms with Crippen molar-refractivity contribution in [3.63, 3.8) is 0 Å². The molecule has 2 amide bonds. The summed E-state index contributed by atoms with van der Waals surface area (Å²) in [7, 11) is 0. The fourth-order valence-corrected chi connectivity index (χ4v) is 1.51. The molecule has 7 heteroatoms. The quantitative estimate of drug-likeness (QED) is 0.546. The van der Waals surface area contributed by atoms with Crippen LogP contribution in [-0.4, -0.2) is 17.5 Å². The van der Waals surface area contributed by atoms with Crippen molar-refractivity contribution in [3.05, 3.63) is 28.8 Å². The summed E-state index contributed by atoms with van der Waals surface area (Å²) in [6.45, 7) is 5.52. The van der Waals surface area contributed by atoms with Crippen LogP contribution in [0.5, 0.6) is 0 Å². The van der Waals surface area contributed by atoms with Crippen LogP contribution in [0.1, 0.15) is 26.3 Å². The standard InChI is InChI=1S/C13H16ClN5O/c1-13(2,3)19-12(20)18-11(16)17-10-5-4-9(14)6-8(10)7-15/h4-6H,1-3H3,(H4,16,17,18,19,20). The third-order valence-corrected chi connectivity index (χ3v) is 2.29. The van der Waals surface area contributed by atoms with E-state index in [2.05, 4.69) is 15.6 Å². The Morgan fingerprint density at radius 2 is 2.10 bits per heavy atom. The lowest BCUT2D eigenvalue weighted by Gasteiger charge is -2.20. The lowest BCUT2D eigenvalue weighted by molar-refractivity contribution is 0.236. The number of benzene rings is 1. The number of nitrogens with two attached hydrogens (primary N) is 1. The van der Waals surface area contributed by atoms with Gasteiger partial charge in [0.05, 0.1) is 11.3 Å². The summed E-state index contributed by atoms with van der Waals surface area (Å²) >= 11 is 5.78. The highest BCUT2D eigenvalue weighted by atomic mass is 35.5. The van der Waals surface area contributed by atoms with E-state index >= 15 is 0 Å². The van der Waals surface area contributed by atoms with Crippen LogP contribution in [0.4, 0.5) is 10.5 Å². The molecule has 0 aliphatic heterocycles. The van der Waals surface area contributed by atoms with Gasteiger partial charge < -0.3 is 11.1 Å². The van der Waals surface area contributed by atoms with Crippen molar-refractivity contribution >= 4 is 29.3 Å². The topological polar surface area (TPSA) is 103 Å². The molecule has 20 heavy (non-hydrogen) atoms. The summed E-state index contributed by atoms with van der Waals surface area (Å²) in [5.41, 5.74) is 5.85. The maximum atomic E-state index is 11.6. The van der Waals surface area contributed by atoms with E-state index in [4.69, 9.17) is 22.6 Å². The fourth-order valence-electron chi connectivity index (χ4n) is 1.34. The number of nitrogens with zero attached hydrogens (tertiary/aromatic N) is 2. The van der Waals surface area contributed by atoms with Crippen molar-refractivity contribution in [1.29, 1.82) is 5.26 Å². The molecule has 0 bridgehead atoms. The summed E-state index contributed by atoms with van der Waals surface area (Å²) in [4.78, 5) is 15.6. The number of aliphatic imine (C=N–C) groups is 1. The number of urea groups is 1. The third-order valence-electron chi connectivity index (χ3n) is 2.05. The first-order chi connectivity index (χ1) is 9.21. The number of nitriles is 1. The molecule has 0 unspecified atom stereocenters. The van der Waals surface area contributed by atoms with E-state index < -0.39 is 6.03 Å². The molecule has 0 aromatic heterocycles. The van der Waals surface area contributed by atoms with Crippen LogP contribution in [0.3, 0.4) is 0 Å². The lowest BCUT2D eigenvalue weighted by Crippen LogP contribution is -2.50. The third kappa shape index (κ3) is 5.16. The summed E-state index contributed by atoms with van der Waals surface area (Å²) in [6.07, 6.45) is 0. The molecule has 0 aliphatic rings. The monoisotopic (exact) mass is 293 g/mol. The largest absolute Gasteiger partial charge is 0.369 e. The number of hydrogen-bond acceptors (Lipinski definition) is 3. The second-order valence-electron chi connectivity index (χ2n) is 5.10. The van der Waals surface area contributed by atoms with Crippen LogP contribution in [0.25, 0.3) is 0 Å². The van der Waals surface area contributed by atoms with E-state index in [0.29, 0.717) is 10.7 Å². The van der Waals surface area contributed by atoms with Crippen molar-refractivity contribution in [2.45, 2.75) is 26.3 Å². The van der Waals surface area contributed by atoms with Crippen LogP contribution in [0, 0.1) is 11.3 Å². The molecule has 1 rings (SSSR count). The molecule has 1 aromatic carbocycles. The number of rotatable bonds is 1. The zero-order valence-corrected chi connectivity index (χ0v) is 12.2. The molecule has 6 nitrogen and oxygen atoms in total. The number of amides is 2. The highest BCUT2D eigenvalue weighted by molar-refractivity contribution is 6.30. The Kier molecular flexibility index (Phi) is 4.94. The number of carbonyl (C=O) groups is 1. The molecular weight excluding hydrogens is 278 g/mol. The Morgan fingerprint density at radius 3 is 2.65 bits per heavy atom. The molecule has 0 saturated carbocycles. The summed E-state index contributed by atoms with van der Waals surface area (Å²) in [5, 5.41) is 14.5. The first kappa shape index (κ1) is 15.8. The van der Waals surface area contributed by atoms with E-state index in [1.165, 1.54) is 6.07 Å². The normalized spacial score (nSPS) is 11.7. The van der Waals surface area contributed by atoms with Gasteiger partial charge in [0.2, 0.25) is 5.96 Å². The minimum absolute atomic E-state index is 0.106. The number of carbonyl (C=O) groups excluding carboxylic acids is 1. The summed E-state index contributed by atoms with van der Waals surface area (Å²) in [5.74, 6) is -0.106. The number of guanidine groups is 1. The molecule has 106 valence electrons. The predicted molar refractivity (Wildman–Crippen MR) is 78.9 cm³/mol. The second kappa shape index (κ2) is 6.26. The van der Waals surface area contributed by atoms with Gasteiger partial charge >= 0.3 is 6.03 Å². The highest BCUT2D eigenvalue weighted by Gasteiger charge is 2.14. The molecule has 0 radical (unpaired) electrons. The molecule has 0 atom stereocenters. The van der Waals surface area contributed by atoms with Gasteiger partial charge in [0, 0.05) is 10.6 Å². The Balaban J connectivity index is 2.85. The average Bonchev–Trinajstić information content (AvgIpc) is 2.28. The molecular formula is C13H16ClN5O. The lowest BCUT2D eigenvalue weighted by atomic mass is 10.1. The Labute approximate surface area is 122 Å². The summed E-state index contributed by atoms with van der Waals surface area (Å²) in [6, 6.07) is 6.11. The van der Waals surface area contributed by atoms with Crippen LogP contribution in [0.2, 0.25) is 5.02 Å². The van der Waals surface area contributed by atoms with Gasteiger partial charge in [0.25, 0.3) is 0 Å². The zero-order chi connectivity index (χ0) is 15.3. The molecule has 0 saturated heterocycles. The van der Waals surface area contributed by atoms with Gasteiger partial charge in [-0.3, -0.25) is 5.32 Å². The smallest absolute Gasteiger partial charge is 0.321 e. The molecule has 0 spiro atoms. The fraction of sp³-hybridized carbons (Fsp3) is 0.308. The van der Waals surface area contributed by atoms with Crippen molar-refractivity contribution in [2.24, 2.45) is 10.7 Å². The van der Waals surface area contributed by atoms with E-state index in [-0.39, 0.29) is 17.1 Å². The van der Waals surface area contributed by atoms with Gasteiger partial charge in [-0.25, -0.2) is 9.79 Å². The van der Waals surface area contributed by atoms with E-state index in [1.54, 1.807) is 12.1 Å². The van der Waals surface area contributed by atoms with E-state index in [1.807, 2.05) is 26.8 Å². The van der Waals surface area contributed by atoms with Crippen LogP contribution >= 0.6 is 11.6 Å². The van der Waals surface area contributed by atoms with Gasteiger partial charge in [-0.1, -0.05) is 11.6 Å². The van der Waals surface area contributed by atoms with Gasteiger partial charge in [-0.05, 0) is 39.0 Å². The summed E-state index contributed by atoms with van der Waals surface area (Å²) < 4.78 is 0. The maximum Gasteiger partial charge on any atom is 0.321 e. The highest BCUT2D eigenvalue weighted by Crippen LogP contribution is 2.22. The Morgan fingerprint density at radius 1 is 1.45 bits per heavy atom. The Hall–Kier alpha value is -2.26. The molecule has 0 aliphatic carbocycles. The van der Waals surface area contributed by atoms with Crippen molar-refractivity contribution < 1.29 is 4.79 Å². The minimum Gasteiger partial charge on any atom is -0.369 e. The maximum absolute atomic E-state index is 11.6. The minimum atomic E-state index is -0.466. The molecule has 4 N–H and O–H groups in total. The number of halogens is 1. The molecule has 1 aromatic rings. The predicted octanol–water partition coefficient (Wildman–Crippen LogP) is 2.26. The van der Waals surface area contributed by atoms with Gasteiger partial charge in [0.15, 0.2) is 0 Å². The van der Waals surface area contributed by atoms with Gasteiger partial charge in [0.1, 0.15) is 6.07 Å². The van der Waals surface area contributed by atoms with Gasteiger partial charge in [-0.15, -0.1) is 0 Å². The van der Waals surface area contributed by atoms with E-state index in [0.717, 1.165) is 0 Å². The SMILES string of the molecule is CC(C)(C)NC(=O)NC(N)=Nc1ccc(Cl)cc1C#N. The number of hydrogen-bond donors (Lipinski definition) is 3. The van der Waals surface area contributed by atoms with Gasteiger partial charge in [-0.2, -0.15) is 5.26 Å². The zero-order valence-electron chi connectivity index (χ0n) is 11.5. The van der Waals surface area contributed by atoms with E-state index in [9.17, 15) is 4.79 Å². The van der Waals surface area contributed by atoms with Crippen LogP contribution in [-0.2, 0) is 0 Å². The van der Waals surface area contributed by atoms with Crippen molar-refractivity contribution in [1.82, 2.24) is 10.6 Å². The Bertz CT molecular complexity index is 583. The molecule has 0 heterocycles. The first-order valence-electron chi connectivity index (χ1n) is 5.84. The molecule has 0 fully saturated rings. The average molecular weight is 294 g/mol. The number of nitrogens with one attached hydrogen (secondary N) is 2. The second-order valence-corrected chi connectivity index (χ2v) is 5.54. The van der Waals surface area contributed by atoms with Crippen molar-refractivity contribution in [3.8, 4) is 6.07 Å². The van der Waals surface area contributed by atoms with Crippen LogP contribution < -0.4 is 16.4 Å².